The molecule has 6 nitrogen and oxygen atoms in total. The van der Waals surface area contributed by atoms with E-state index < -0.39 is 0 Å². The van der Waals surface area contributed by atoms with Crippen LogP contribution in [0, 0.1) is 0 Å². The predicted molar refractivity (Wildman–Crippen MR) is 113 cm³/mol. The summed E-state index contributed by atoms with van der Waals surface area (Å²) in [6, 6.07) is 8.77. The molecule has 0 amide bonds. The molecule has 0 unspecified atom stereocenters. The molecule has 0 aromatic heterocycles. The van der Waals surface area contributed by atoms with Crippen LogP contribution in [0.5, 0.6) is 17.2 Å². The number of halogens is 1. The third-order valence-corrected chi connectivity index (χ3v) is 4.56. The van der Waals surface area contributed by atoms with Gasteiger partial charge >= 0.3 is 0 Å². The van der Waals surface area contributed by atoms with Crippen LogP contribution in [0.3, 0.4) is 0 Å². The molecule has 0 saturated heterocycles. The lowest BCUT2D eigenvalue weighted by Gasteiger charge is -2.15. The molecule has 0 fully saturated rings. The molecule has 2 rings (SSSR count). The lowest BCUT2D eigenvalue weighted by Crippen LogP contribution is -2.12. The van der Waals surface area contributed by atoms with E-state index >= 15 is 0 Å². The zero-order valence-corrected chi connectivity index (χ0v) is 17.6. The Morgan fingerprint density at radius 3 is 2.07 bits per heavy atom. The minimum absolute atomic E-state index is 0.180. The fraction of sp³-hybridized carbons (Fsp3) is 0.250. The van der Waals surface area contributed by atoms with Crippen molar-refractivity contribution >= 4 is 39.2 Å². The molecule has 2 aromatic rings. The third kappa shape index (κ3) is 4.54. The van der Waals surface area contributed by atoms with Crippen molar-refractivity contribution in [3.8, 4) is 17.2 Å². The Hall–Kier alpha value is -2.67. The number of hydrogen-bond donors (Lipinski definition) is 1. The van der Waals surface area contributed by atoms with Crippen LogP contribution in [0.25, 0.3) is 6.08 Å². The number of nitrogens with two attached hydrogens (primary N) is 1. The van der Waals surface area contributed by atoms with E-state index in [4.69, 9.17) is 19.9 Å². The Labute approximate surface area is 167 Å². The number of ether oxygens (including phenoxy) is 3. The summed E-state index contributed by atoms with van der Waals surface area (Å²) < 4.78 is 16.4. The number of nitrogen functional groups attached to an aromatic ring is 1. The Bertz CT molecular complexity index is 853. The van der Waals surface area contributed by atoms with Crippen molar-refractivity contribution in [3.05, 3.63) is 45.9 Å². The largest absolute Gasteiger partial charge is 0.493 e. The summed E-state index contributed by atoms with van der Waals surface area (Å²) in [5.41, 5.74) is 8.66. The summed E-state index contributed by atoms with van der Waals surface area (Å²) in [6.45, 7) is 0. The molecule has 0 aliphatic heterocycles. The van der Waals surface area contributed by atoms with E-state index in [1.54, 1.807) is 44.6 Å². The molecule has 0 aliphatic rings. The molecule has 2 N–H and O–H groups in total. The first kappa shape index (κ1) is 20.6. The van der Waals surface area contributed by atoms with Gasteiger partial charge in [0.15, 0.2) is 17.3 Å². The molecule has 0 radical (unpaired) electrons. The number of rotatable bonds is 7. The smallest absolute Gasteiger partial charge is 0.203 e. The van der Waals surface area contributed by atoms with Crippen molar-refractivity contribution in [3.63, 3.8) is 0 Å². The van der Waals surface area contributed by atoms with Crippen molar-refractivity contribution in [1.29, 1.82) is 0 Å². The summed E-state index contributed by atoms with van der Waals surface area (Å²) >= 11 is 3.36. The van der Waals surface area contributed by atoms with Crippen LogP contribution in [0.2, 0.25) is 0 Å². The highest BCUT2D eigenvalue weighted by atomic mass is 79.9. The maximum atomic E-state index is 12.7. The Balaban J connectivity index is 2.39. The maximum absolute atomic E-state index is 12.7. The van der Waals surface area contributed by atoms with E-state index in [-0.39, 0.29) is 5.78 Å². The van der Waals surface area contributed by atoms with E-state index in [0.29, 0.717) is 33.0 Å². The second-order valence-electron chi connectivity index (χ2n) is 5.95. The van der Waals surface area contributed by atoms with Gasteiger partial charge < -0.3 is 24.8 Å². The predicted octanol–water partition coefficient (Wildman–Crippen LogP) is 3.98. The first-order valence-corrected chi connectivity index (χ1v) is 8.90. The van der Waals surface area contributed by atoms with E-state index in [1.807, 2.05) is 25.1 Å². The molecule has 2 aromatic carbocycles. The van der Waals surface area contributed by atoms with E-state index in [0.717, 1.165) is 11.3 Å². The van der Waals surface area contributed by atoms with Gasteiger partial charge in [0.2, 0.25) is 5.75 Å². The zero-order chi connectivity index (χ0) is 20.1. The molecule has 7 heteroatoms. The second-order valence-corrected chi connectivity index (χ2v) is 6.80. The van der Waals surface area contributed by atoms with Crippen LogP contribution in [-0.2, 0) is 0 Å². The minimum Gasteiger partial charge on any atom is -0.493 e. The van der Waals surface area contributed by atoms with Gasteiger partial charge in [-0.05, 0) is 57.9 Å². The molecule has 0 atom stereocenters. The Morgan fingerprint density at radius 2 is 1.63 bits per heavy atom. The highest BCUT2D eigenvalue weighted by Gasteiger charge is 2.15. The van der Waals surface area contributed by atoms with Crippen molar-refractivity contribution in [2.45, 2.75) is 0 Å². The van der Waals surface area contributed by atoms with Crippen LogP contribution in [0.1, 0.15) is 15.9 Å². The Kier molecular flexibility index (Phi) is 6.74. The minimum atomic E-state index is -0.180. The van der Waals surface area contributed by atoms with Crippen LogP contribution < -0.4 is 24.8 Å². The van der Waals surface area contributed by atoms with Gasteiger partial charge in [0.05, 0.1) is 37.2 Å². The van der Waals surface area contributed by atoms with E-state index in [2.05, 4.69) is 15.9 Å². The van der Waals surface area contributed by atoms with Crippen molar-refractivity contribution in [2.75, 3.05) is 46.1 Å². The normalized spacial score (nSPS) is 11.1. The zero-order valence-electron chi connectivity index (χ0n) is 16.0. The van der Waals surface area contributed by atoms with Gasteiger partial charge in [-0.25, -0.2) is 0 Å². The molecule has 0 saturated carbocycles. The fourth-order valence-corrected chi connectivity index (χ4v) is 3.13. The molecule has 144 valence electrons. The summed E-state index contributed by atoms with van der Waals surface area (Å²) in [6.07, 6.45) is 1.70. The molecule has 0 heterocycles. The molecule has 27 heavy (non-hydrogen) atoms. The van der Waals surface area contributed by atoms with Crippen molar-refractivity contribution < 1.29 is 19.0 Å². The standard InChI is InChI=1S/C20H23BrN2O4/c1-23(2)16-7-6-13(11-15(16)22)19(24)14(21)8-12-9-17(25-3)20(27-5)18(10-12)26-4/h6-11H,22H2,1-5H3. The number of benzene rings is 2. The number of hydrogen-bond acceptors (Lipinski definition) is 6. The lowest BCUT2D eigenvalue weighted by molar-refractivity contribution is 0.104. The first-order valence-electron chi connectivity index (χ1n) is 8.11. The van der Waals surface area contributed by atoms with Crippen molar-refractivity contribution in [1.82, 2.24) is 0 Å². The number of allylic oxidation sites excluding steroid dienone is 1. The summed E-state index contributed by atoms with van der Waals surface area (Å²) in [5, 5.41) is 0. The third-order valence-electron chi connectivity index (χ3n) is 3.97. The van der Waals surface area contributed by atoms with Crippen LogP contribution >= 0.6 is 15.9 Å². The number of anilines is 2. The van der Waals surface area contributed by atoms with Crippen LogP contribution in [-0.4, -0.2) is 41.2 Å². The Morgan fingerprint density at radius 1 is 1.04 bits per heavy atom. The highest BCUT2D eigenvalue weighted by molar-refractivity contribution is 9.12. The molecule has 0 spiro atoms. The number of Topliss-reactive ketones (excluding diaryl/α,β-unsaturated/α-hetero) is 1. The molecule has 0 aliphatic carbocycles. The highest BCUT2D eigenvalue weighted by Crippen LogP contribution is 2.39. The van der Waals surface area contributed by atoms with Gasteiger partial charge in [-0.1, -0.05) is 0 Å². The molecular weight excluding hydrogens is 412 g/mol. The number of nitrogens with zero attached hydrogens (tertiary/aromatic N) is 1. The summed E-state index contributed by atoms with van der Waals surface area (Å²) in [5.74, 6) is 1.33. The fourth-order valence-electron chi connectivity index (χ4n) is 2.64. The van der Waals surface area contributed by atoms with Gasteiger partial charge in [0, 0.05) is 19.7 Å². The summed E-state index contributed by atoms with van der Waals surface area (Å²) in [7, 11) is 8.41. The van der Waals surface area contributed by atoms with Gasteiger partial charge in [-0.15, -0.1) is 0 Å². The SMILES string of the molecule is COc1cc(C=C(Br)C(=O)c2ccc(N(C)C)c(N)c2)cc(OC)c1OC. The second kappa shape index (κ2) is 8.81. The summed E-state index contributed by atoms with van der Waals surface area (Å²) in [4.78, 5) is 14.6. The van der Waals surface area contributed by atoms with Crippen LogP contribution in [0.4, 0.5) is 11.4 Å². The molecular formula is C20H23BrN2O4. The number of ketones is 1. The van der Waals surface area contributed by atoms with Crippen LogP contribution in [0.15, 0.2) is 34.8 Å². The topological polar surface area (TPSA) is 74.0 Å². The average Bonchev–Trinajstić information content (AvgIpc) is 2.65. The van der Waals surface area contributed by atoms with E-state index in [9.17, 15) is 4.79 Å². The number of methoxy groups -OCH3 is 3. The number of carbonyl (C=O) groups excluding carboxylic acids is 1. The van der Waals surface area contributed by atoms with Gasteiger partial charge in [0.25, 0.3) is 0 Å². The lowest BCUT2D eigenvalue weighted by atomic mass is 10.1. The maximum Gasteiger partial charge on any atom is 0.203 e. The molecule has 0 bridgehead atoms. The van der Waals surface area contributed by atoms with Gasteiger partial charge in [0.1, 0.15) is 0 Å². The monoisotopic (exact) mass is 434 g/mol. The quantitative estimate of drug-likeness (QED) is 0.403. The van der Waals surface area contributed by atoms with Gasteiger partial charge in [-0.3, -0.25) is 4.79 Å². The van der Waals surface area contributed by atoms with Crippen molar-refractivity contribution in [2.24, 2.45) is 0 Å². The number of carbonyl (C=O) groups is 1. The first-order chi connectivity index (χ1) is 12.8. The van der Waals surface area contributed by atoms with E-state index in [1.165, 1.54) is 7.11 Å². The average molecular weight is 435 g/mol. The van der Waals surface area contributed by atoms with Gasteiger partial charge in [-0.2, -0.15) is 0 Å².